The summed E-state index contributed by atoms with van der Waals surface area (Å²) in [6.45, 7) is 7.03. The number of nitrogens with zero attached hydrogens (tertiary/aromatic N) is 2. The average Bonchev–Trinajstić information content (AvgIpc) is 3.76. The van der Waals surface area contributed by atoms with Crippen LogP contribution in [-0.4, -0.2) is 50.4 Å². The Morgan fingerprint density at radius 2 is 1.82 bits per heavy atom. The highest BCUT2D eigenvalue weighted by Gasteiger charge is 2.32. The molecule has 0 fully saturated rings. The quantitative estimate of drug-likeness (QED) is 0.175. The van der Waals surface area contributed by atoms with E-state index in [0.29, 0.717) is 29.9 Å². The van der Waals surface area contributed by atoms with Gasteiger partial charge in [-0.15, -0.1) is 0 Å². The van der Waals surface area contributed by atoms with E-state index in [-0.39, 0.29) is 47.6 Å². The normalized spacial score (nSPS) is 18.8. The molecule has 2 aromatic heterocycles. The maximum Gasteiger partial charge on any atom is 0.303 e. The maximum atomic E-state index is 15.7. The molecule has 1 unspecified atom stereocenters. The van der Waals surface area contributed by atoms with Gasteiger partial charge in [0.15, 0.2) is 11.6 Å². The van der Waals surface area contributed by atoms with Gasteiger partial charge in [-0.05, 0) is 73.4 Å². The molecule has 8 nitrogen and oxygen atoms in total. The minimum Gasteiger partial charge on any atom is -0.481 e. The number of amides is 1. The van der Waals surface area contributed by atoms with E-state index in [1.54, 1.807) is 17.3 Å². The maximum absolute atomic E-state index is 15.7. The number of hydrogen-bond donors (Lipinski definition) is 3. The van der Waals surface area contributed by atoms with Gasteiger partial charge in [0.05, 0.1) is 5.56 Å². The Hall–Kier alpha value is -4.99. The minimum absolute atomic E-state index is 0.00432. The molecule has 5 aromatic rings. The first-order chi connectivity index (χ1) is 23.8. The standard InChI is InChI=1S/C40H44F2N4O4/c1-39(2)17-5-6-18-40(3,26-9-7-8-25(20-26)10-15-36(48)49)34-23-44-38(45-34)30-21-27(11-13-31(30)41)50-37-29(12-14-35(47)46(4)24-39)28-16-19-43-33(28)22-32(37)42/h7-9,11,13,16,19-23,43H,5-6,10,12,14-15,17-18,24H2,1-4H3,(H,44,45)(H,48,49). The van der Waals surface area contributed by atoms with Gasteiger partial charge in [-0.25, -0.2) is 13.8 Å². The molecule has 0 aliphatic carbocycles. The molecule has 4 bridgehead atoms. The molecule has 1 atom stereocenters. The van der Waals surface area contributed by atoms with Crippen LogP contribution in [0.4, 0.5) is 8.78 Å². The number of H-pyrrole nitrogens is 2. The number of carboxylic acids is 1. The fourth-order valence-electron chi connectivity index (χ4n) is 7.26. The number of rotatable bonds is 4. The molecule has 6 rings (SSSR count). The molecule has 0 saturated heterocycles. The second kappa shape index (κ2) is 14.1. The summed E-state index contributed by atoms with van der Waals surface area (Å²) in [6, 6.07) is 15.4. The summed E-state index contributed by atoms with van der Waals surface area (Å²) in [6.07, 6.45) is 7.74. The van der Waals surface area contributed by atoms with Crippen molar-refractivity contribution in [3.63, 3.8) is 0 Å². The van der Waals surface area contributed by atoms with Gasteiger partial charge in [-0.2, -0.15) is 0 Å². The van der Waals surface area contributed by atoms with Crippen LogP contribution in [0.1, 0.15) is 81.7 Å². The molecule has 3 aromatic carbocycles. The predicted octanol–water partition coefficient (Wildman–Crippen LogP) is 8.94. The number of aromatic nitrogens is 3. The Morgan fingerprint density at radius 3 is 2.62 bits per heavy atom. The zero-order valence-electron chi connectivity index (χ0n) is 29.0. The third kappa shape index (κ3) is 7.44. The number of imidazole rings is 1. The lowest BCUT2D eigenvalue weighted by molar-refractivity contribution is -0.137. The lowest BCUT2D eigenvalue weighted by Gasteiger charge is -2.32. The summed E-state index contributed by atoms with van der Waals surface area (Å²) in [5.74, 6) is -1.48. The van der Waals surface area contributed by atoms with Crippen LogP contribution >= 0.6 is 0 Å². The molecule has 0 radical (unpaired) electrons. The average molecular weight is 683 g/mol. The number of hydrogen-bond acceptors (Lipinski definition) is 4. The van der Waals surface area contributed by atoms with Crippen molar-refractivity contribution in [2.75, 3.05) is 13.6 Å². The molecule has 262 valence electrons. The highest BCUT2D eigenvalue weighted by Crippen LogP contribution is 2.40. The highest BCUT2D eigenvalue weighted by atomic mass is 19.1. The van der Waals surface area contributed by atoms with Gasteiger partial charge >= 0.3 is 5.97 Å². The van der Waals surface area contributed by atoms with Gasteiger partial charge in [0, 0.05) is 72.5 Å². The summed E-state index contributed by atoms with van der Waals surface area (Å²) in [7, 11) is 1.81. The fourth-order valence-corrected chi connectivity index (χ4v) is 7.26. The molecule has 1 aliphatic rings. The molecule has 3 N–H and O–H groups in total. The predicted molar refractivity (Wildman–Crippen MR) is 189 cm³/mol. The summed E-state index contributed by atoms with van der Waals surface area (Å²) >= 11 is 0. The first-order valence-corrected chi connectivity index (χ1v) is 17.2. The smallest absolute Gasteiger partial charge is 0.303 e. The topological polar surface area (TPSA) is 111 Å². The SMILES string of the molecule is CN1CC(C)(C)CCCCC(C)(c2cccc(CCC(=O)O)c2)c2cnc([nH]2)-c2cc(ccc2F)Oc2c(F)cc3[nH]ccc3c2CCC1=O. The largest absolute Gasteiger partial charge is 0.481 e. The summed E-state index contributed by atoms with van der Waals surface area (Å²) in [5.41, 5.74) is 3.33. The number of fused-ring (bicyclic) bond motifs is 8. The molecule has 0 saturated carbocycles. The van der Waals surface area contributed by atoms with Gasteiger partial charge in [-0.3, -0.25) is 9.59 Å². The number of ether oxygens (including phenoxy) is 1. The number of aromatic amines is 2. The van der Waals surface area contributed by atoms with E-state index in [1.165, 1.54) is 24.3 Å². The Kier molecular flexibility index (Phi) is 9.82. The van der Waals surface area contributed by atoms with Crippen LogP contribution in [0.5, 0.6) is 11.5 Å². The summed E-state index contributed by atoms with van der Waals surface area (Å²) < 4.78 is 37.4. The van der Waals surface area contributed by atoms with Crippen molar-refractivity contribution < 1.29 is 28.2 Å². The Labute approximate surface area is 290 Å². The Morgan fingerprint density at radius 1 is 1.02 bits per heavy atom. The molecular weight excluding hydrogens is 638 g/mol. The van der Waals surface area contributed by atoms with E-state index in [2.05, 4.69) is 41.8 Å². The number of aryl methyl sites for hydroxylation is 2. The zero-order valence-corrected chi connectivity index (χ0v) is 29.0. The van der Waals surface area contributed by atoms with Crippen molar-refractivity contribution in [3.05, 3.63) is 101 Å². The number of halogens is 2. The molecule has 3 heterocycles. The van der Waals surface area contributed by atoms with Crippen molar-refractivity contribution in [3.8, 4) is 22.9 Å². The lowest BCUT2D eigenvalue weighted by atomic mass is 9.74. The van der Waals surface area contributed by atoms with Gasteiger partial charge in [-0.1, -0.05) is 51.0 Å². The number of carbonyl (C=O) groups excluding carboxylic acids is 1. The number of carboxylic acid groups (broad SMARTS) is 1. The monoisotopic (exact) mass is 682 g/mol. The van der Waals surface area contributed by atoms with Crippen LogP contribution in [0.3, 0.4) is 0 Å². The van der Waals surface area contributed by atoms with Gasteiger partial charge in [0.25, 0.3) is 0 Å². The van der Waals surface area contributed by atoms with Crippen molar-refractivity contribution in [2.24, 2.45) is 5.41 Å². The van der Waals surface area contributed by atoms with Crippen LogP contribution in [0.25, 0.3) is 22.3 Å². The fraction of sp³-hybridized carbons (Fsp3) is 0.375. The number of benzene rings is 3. The van der Waals surface area contributed by atoms with E-state index >= 15 is 8.78 Å². The molecular formula is C40H44F2N4O4. The Bertz CT molecular complexity index is 2030. The number of carbonyl (C=O) groups is 2. The second-order valence-electron chi connectivity index (χ2n) is 14.5. The van der Waals surface area contributed by atoms with E-state index in [4.69, 9.17) is 4.74 Å². The molecule has 50 heavy (non-hydrogen) atoms. The van der Waals surface area contributed by atoms with Crippen LogP contribution in [-0.2, 0) is 27.8 Å². The van der Waals surface area contributed by atoms with E-state index in [9.17, 15) is 14.7 Å². The first kappa shape index (κ1) is 34.9. The van der Waals surface area contributed by atoms with Crippen molar-refractivity contribution in [2.45, 2.75) is 77.6 Å². The van der Waals surface area contributed by atoms with Crippen LogP contribution in [0.15, 0.2) is 67.0 Å². The zero-order chi connectivity index (χ0) is 35.6. The molecule has 0 spiro atoms. The molecule has 1 aliphatic heterocycles. The summed E-state index contributed by atoms with van der Waals surface area (Å²) in [5, 5.41) is 10.0. The second-order valence-corrected chi connectivity index (χ2v) is 14.5. The summed E-state index contributed by atoms with van der Waals surface area (Å²) in [4.78, 5) is 37.6. The lowest BCUT2D eigenvalue weighted by Crippen LogP contribution is -2.36. The van der Waals surface area contributed by atoms with Crippen molar-refractivity contribution in [1.82, 2.24) is 19.9 Å². The number of nitrogens with one attached hydrogen (secondary N) is 2. The van der Waals surface area contributed by atoms with Gasteiger partial charge in [0.1, 0.15) is 17.4 Å². The van der Waals surface area contributed by atoms with Crippen LogP contribution in [0, 0.1) is 17.0 Å². The van der Waals surface area contributed by atoms with Crippen molar-refractivity contribution in [1.29, 1.82) is 0 Å². The highest BCUT2D eigenvalue weighted by molar-refractivity contribution is 5.86. The van der Waals surface area contributed by atoms with E-state index in [1.807, 2.05) is 31.3 Å². The minimum atomic E-state index is -0.852. The van der Waals surface area contributed by atoms with Gasteiger partial charge in [0.2, 0.25) is 5.91 Å². The molecule has 1 amide bonds. The number of aliphatic carboxylic acids is 1. The van der Waals surface area contributed by atoms with Gasteiger partial charge < -0.3 is 24.7 Å². The van der Waals surface area contributed by atoms with E-state index in [0.717, 1.165) is 47.9 Å². The third-order valence-corrected chi connectivity index (χ3v) is 10.1. The Balaban J connectivity index is 1.43. The van der Waals surface area contributed by atoms with E-state index < -0.39 is 23.0 Å². The third-order valence-electron chi connectivity index (χ3n) is 10.1. The van der Waals surface area contributed by atoms with Crippen LogP contribution < -0.4 is 4.74 Å². The molecule has 10 heteroatoms. The first-order valence-electron chi connectivity index (χ1n) is 17.2. The van der Waals surface area contributed by atoms with Crippen LogP contribution in [0.2, 0.25) is 0 Å². The van der Waals surface area contributed by atoms with Crippen molar-refractivity contribution >= 4 is 22.8 Å².